The van der Waals surface area contributed by atoms with E-state index in [1.54, 1.807) is 24.5 Å². The Morgan fingerprint density at radius 1 is 1.32 bits per heavy atom. The van der Waals surface area contributed by atoms with Gasteiger partial charge in [-0.3, -0.25) is 4.90 Å². The third-order valence-electron chi connectivity index (χ3n) is 5.54. The summed E-state index contributed by atoms with van der Waals surface area (Å²) in [4.78, 5) is 11.1. The number of nitrogens with zero attached hydrogens (tertiary/aromatic N) is 3. The number of likely N-dealkylation sites (N-methyl/N-ethyl adjacent to an activating group) is 1. The van der Waals surface area contributed by atoms with Gasteiger partial charge < -0.3 is 15.0 Å². The number of benzene rings is 1. The second-order valence-corrected chi connectivity index (χ2v) is 8.53. The lowest BCUT2D eigenvalue weighted by Crippen LogP contribution is -2.53. The Balaban J connectivity index is 1.73. The third kappa shape index (κ3) is 3.79. The highest BCUT2D eigenvalue weighted by Gasteiger charge is 2.30. The first-order chi connectivity index (χ1) is 13.6. The number of nitrogens with one attached hydrogen (secondary N) is 1. The van der Waals surface area contributed by atoms with Crippen LogP contribution in [0.1, 0.15) is 23.8 Å². The number of halogens is 1. The van der Waals surface area contributed by atoms with Crippen molar-refractivity contribution in [1.82, 2.24) is 9.80 Å². The number of hydrogen-bond donors (Lipinski definition) is 1. The fourth-order valence-corrected chi connectivity index (χ4v) is 4.83. The van der Waals surface area contributed by atoms with Crippen LogP contribution in [0.15, 0.2) is 29.3 Å². The number of methoxy groups -OCH3 is 1. The standard InChI is InChI=1S/C21H27FN4OS/c1-4-16-12-17-20(26-9-8-25(2)15(13-26)7-10-27-3)23-18-6-5-14(22)11-19(18)24-21(17)28-16/h5-6,11-12,15,24H,4,7-10,13H2,1-3H3/t15-/m0/s1. The predicted molar refractivity (Wildman–Crippen MR) is 114 cm³/mol. The first-order valence-corrected chi connectivity index (χ1v) is 10.6. The van der Waals surface area contributed by atoms with Gasteiger partial charge in [0.25, 0.3) is 0 Å². The molecule has 0 radical (unpaired) electrons. The van der Waals surface area contributed by atoms with Crippen molar-refractivity contribution in [2.45, 2.75) is 25.8 Å². The summed E-state index contributed by atoms with van der Waals surface area (Å²) in [5.41, 5.74) is 2.63. The zero-order valence-corrected chi connectivity index (χ0v) is 17.5. The summed E-state index contributed by atoms with van der Waals surface area (Å²) in [5.74, 6) is 0.734. The van der Waals surface area contributed by atoms with Crippen LogP contribution < -0.4 is 5.32 Å². The van der Waals surface area contributed by atoms with Crippen molar-refractivity contribution < 1.29 is 9.13 Å². The van der Waals surface area contributed by atoms with E-state index in [0.29, 0.717) is 6.04 Å². The van der Waals surface area contributed by atoms with Gasteiger partial charge in [-0.05, 0) is 44.2 Å². The Bertz CT molecular complexity index is 881. The molecule has 4 rings (SSSR count). The topological polar surface area (TPSA) is 40.1 Å². The first kappa shape index (κ1) is 19.4. The van der Waals surface area contributed by atoms with Crippen molar-refractivity contribution in [1.29, 1.82) is 0 Å². The van der Waals surface area contributed by atoms with Crippen LogP contribution in [0, 0.1) is 5.82 Å². The largest absolute Gasteiger partial charge is 0.385 e. The molecule has 0 spiro atoms. The van der Waals surface area contributed by atoms with E-state index in [-0.39, 0.29) is 5.82 Å². The van der Waals surface area contributed by atoms with Crippen molar-refractivity contribution in [3.8, 4) is 0 Å². The van der Waals surface area contributed by atoms with Crippen molar-refractivity contribution in [3.05, 3.63) is 40.5 Å². The van der Waals surface area contributed by atoms with Crippen molar-refractivity contribution in [2.24, 2.45) is 4.99 Å². The Labute approximate surface area is 169 Å². The van der Waals surface area contributed by atoms with Crippen LogP contribution in [0.4, 0.5) is 20.8 Å². The van der Waals surface area contributed by atoms with E-state index in [0.717, 1.165) is 66.9 Å². The Kier molecular flexibility index (Phi) is 5.66. The number of hydrogen-bond acceptors (Lipinski definition) is 6. The highest BCUT2D eigenvalue weighted by molar-refractivity contribution is 7.16. The first-order valence-electron chi connectivity index (χ1n) is 9.81. The summed E-state index contributed by atoms with van der Waals surface area (Å²) in [6, 6.07) is 7.42. The van der Waals surface area contributed by atoms with Crippen molar-refractivity contribution in [3.63, 3.8) is 0 Å². The van der Waals surface area contributed by atoms with Crippen molar-refractivity contribution in [2.75, 3.05) is 45.7 Å². The molecule has 1 fully saturated rings. The minimum absolute atomic E-state index is 0.252. The summed E-state index contributed by atoms with van der Waals surface area (Å²) in [5, 5.41) is 4.48. The molecule has 2 aromatic rings. The lowest BCUT2D eigenvalue weighted by Gasteiger charge is -2.40. The van der Waals surface area contributed by atoms with Crippen LogP contribution in [0.3, 0.4) is 0 Å². The monoisotopic (exact) mass is 402 g/mol. The number of thiophene rings is 1. The molecule has 1 saturated heterocycles. The molecule has 150 valence electrons. The summed E-state index contributed by atoms with van der Waals surface area (Å²) in [7, 11) is 3.93. The molecule has 1 N–H and O–H groups in total. The summed E-state index contributed by atoms with van der Waals surface area (Å²) < 4.78 is 19.1. The molecule has 0 amide bonds. The molecule has 1 atom stereocenters. The average Bonchev–Trinajstić information content (AvgIpc) is 3.03. The maximum absolute atomic E-state index is 13.8. The van der Waals surface area contributed by atoms with Crippen LogP contribution in [0.2, 0.25) is 0 Å². The van der Waals surface area contributed by atoms with Gasteiger partial charge in [0.1, 0.15) is 16.7 Å². The minimum Gasteiger partial charge on any atom is -0.385 e. The highest BCUT2D eigenvalue weighted by atomic mass is 32.1. The molecule has 1 aromatic heterocycles. The molecule has 0 saturated carbocycles. The Morgan fingerprint density at radius 2 is 2.18 bits per heavy atom. The molecule has 3 heterocycles. The number of rotatable bonds is 4. The molecule has 0 bridgehead atoms. The van der Waals surface area contributed by atoms with E-state index >= 15 is 0 Å². The molecular weight excluding hydrogens is 375 g/mol. The maximum Gasteiger partial charge on any atom is 0.139 e. The molecule has 2 aliphatic rings. The van der Waals surface area contributed by atoms with Crippen LogP contribution in [-0.2, 0) is 11.2 Å². The van der Waals surface area contributed by atoms with E-state index < -0.39 is 0 Å². The summed E-state index contributed by atoms with van der Waals surface area (Å²) in [6.07, 6.45) is 1.97. The summed E-state index contributed by atoms with van der Waals surface area (Å²) in [6.45, 7) is 5.73. The zero-order valence-electron chi connectivity index (χ0n) is 16.7. The fourth-order valence-electron chi connectivity index (χ4n) is 3.82. The van der Waals surface area contributed by atoms with Gasteiger partial charge in [0.05, 0.1) is 16.9 Å². The average molecular weight is 403 g/mol. The maximum atomic E-state index is 13.8. The van der Waals surface area contributed by atoms with E-state index in [9.17, 15) is 4.39 Å². The normalized spacial score (nSPS) is 19.5. The fraction of sp³-hybridized carbons (Fsp3) is 0.476. The number of amidine groups is 1. The minimum atomic E-state index is -0.252. The van der Waals surface area contributed by atoms with Gasteiger partial charge in [0.2, 0.25) is 0 Å². The smallest absolute Gasteiger partial charge is 0.139 e. The lowest BCUT2D eigenvalue weighted by molar-refractivity contribution is 0.100. The molecule has 7 heteroatoms. The number of aliphatic imine (C=N–C) groups is 1. The van der Waals surface area contributed by atoms with Gasteiger partial charge in [-0.25, -0.2) is 9.38 Å². The highest BCUT2D eigenvalue weighted by Crippen LogP contribution is 2.40. The van der Waals surface area contributed by atoms with Crippen LogP contribution in [-0.4, -0.2) is 62.1 Å². The van der Waals surface area contributed by atoms with E-state index in [1.807, 2.05) is 0 Å². The molecule has 2 aliphatic heterocycles. The van der Waals surface area contributed by atoms with Crippen LogP contribution >= 0.6 is 11.3 Å². The number of fused-ring (bicyclic) bond motifs is 2. The van der Waals surface area contributed by atoms with Gasteiger partial charge in [-0.15, -0.1) is 11.3 Å². The molecule has 1 aromatic carbocycles. The zero-order chi connectivity index (χ0) is 19.7. The van der Waals surface area contributed by atoms with E-state index in [1.165, 1.54) is 17.0 Å². The Morgan fingerprint density at radius 3 is 2.96 bits per heavy atom. The number of aryl methyl sites for hydroxylation is 1. The van der Waals surface area contributed by atoms with E-state index in [4.69, 9.17) is 9.73 Å². The van der Waals surface area contributed by atoms with Gasteiger partial charge in [-0.1, -0.05) is 6.92 Å². The molecule has 5 nitrogen and oxygen atoms in total. The van der Waals surface area contributed by atoms with E-state index in [2.05, 4.69) is 35.2 Å². The van der Waals surface area contributed by atoms with Gasteiger partial charge in [0.15, 0.2) is 0 Å². The van der Waals surface area contributed by atoms with Gasteiger partial charge >= 0.3 is 0 Å². The van der Waals surface area contributed by atoms with Crippen molar-refractivity contribution >= 4 is 33.5 Å². The van der Waals surface area contributed by atoms with Gasteiger partial charge in [0, 0.05) is 44.3 Å². The molecular formula is C21H27FN4OS. The Hall–Kier alpha value is -1.96. The molecule has 0 unspecified atom stereocenters. The van der Waals surface area contributed by atoms with Crippen LogP contribution in [0.5, 0.6) is 0 Å². The molecule has 0 aliphatic carbocycles. The predicted octanol–water partition coefficient (Wildman–Crippen LogP) is 4.24. The number of piperazine rings is 1. The van der Waals surface area contributed by atoms with Gasteiger partial charge in [-0.2, -0.15) is 0 Å². The second kappa shape index (κ2) is 8.19. The quantitative estimate of drug-likeness (QED) is 0.831. The number of anilines is 2. The third-order valence-corrected chi connectivity index (χ3v) is 6.73. The number of ether oxygens (including phenoxy) is 1. The van der Waals surface area contributed by atoms with Crippen LogP contribution in [0.25, 0.3) is 0 Å². The second-order valence-electron chi connectivity index (χ2n) is 7.39. The molecule has 28 heavy (non-hydrogen) atoms. The summed E-state index contributed by atoms with van der Waals surface area (Å²) >= 11 is 1.73. The SMILES string of the molecule is CCc1cc2c(s1)Nc1cc(F)ccc1N=C2N1CCN(C)[C@@H](CCOC)C1. The lowest BCUT2D eigenvalue weighted by atomic mass is 10.1.